The van der Waals surface area contributed by atoms with Crippen molar-refractivity contribution in [2.24, 2.45) is 5.92 Å². The van der Waals surface area contributed by atoms with E-state index in [1.807, 2.05) is 6.07 Å². The van der Waals surface area contributed by atoms with Crippen molar-refractivity contribution in [3.8, 4) is 0 Å². The summed E-state index contributed by atoms with van der Waals surface area (Å²) in [7, 11) is 0. The quantitative estimate of drug-likeness (QED) is 0.687. The van der Waals surface area contributed by atoms with Gasteiger partial charge in [0, 0.05) is 6.54 Å². The van der Waals surface area contributed by atoms with Crippen molar-refractivity contribution in [1.82, 2.24) is 5.32 Å². The number of aliphatic hydroxyl groups excluding tert-OH is 1. The molecule has 16 heavy (non-hydrogen) atoms. The van der Waals surface area contributed by atoms with Crippen molar-refractivity contribution >= 4 is 0 Å². The van der Waals surface area contributed by atoms with Crippen LogP contribution in [0.25, 0.3) is 0 Å². The zero-order valence-electron chi connectivity index (χ0n) is 9.73. The lowest BCUT2D eigenvalue weighted by Gasteiger charge is -2.10. The Hall–Kier alpha value is -0.860. The van der Waals surface area contributed by atoms with E-state index in [9.17, 15) is 5.11 Å². The van der Waals surface area contributed by atoms with Crippen LogP contribution in [0.2, 0.25) is 0 Å². The third-order valence-corrected chi connectivity index (χ3v) is 3.18. The van der Waals surface area contributed by atoms with Gasteiger partial charge >= 0.3 is 0 Å². The molecule has 0 aliphatic heterocycles. The molecule has 1 atom stereocenters. The standard InChI is InChI=1S/C14H21NO/c16-14(13-8-9-13)11-15-10-4-7-12-5-2-1-3-6-12/h1-3,5-6,13-16H,4,7-11H2. The zero-order valence-corrected chi connectivity index (χ0v) is 9.73. The Morgan fingerprint density at radius 1 is 1.25 bits per heavy atom. The van der Waals surface area contributed by atoms with Crippen LogP contribution in [-0.4, -0.2) is 24.3 Å². The first-order valence-corrected chi connectivity index (χ1v) is 6.29. The smallest absolute Gasteiger partial charge is 0.0692 e. The maximum atomic E-state index is 9.64. The Morgan fingerprint density at radius 3 is 2.69 bits per heavy atom. The number of aryl methyl sites for hydroxylation is 1. The molecule has 0 saturated heterocycles. The Balaban J connectivity index is 1.52. The molecule has 1 aromatic rings. The lowest BCUT2D eigenvalue weighted by molar-refractivity contribution is 0.149. The highest BCUT2D eigenvalue weighted by molar-refractivity contribution is 5.14. The van der Waals surface area contributed by atoms with Crippen LogP contribution in [0.5, 0.6) is 0 Å². The zero-order chi connectivity index (χ0) is 11.2. The van der Waals surface area contributed by atoms with Crippen LogP contribution in [-0.2, 0) is 6.42 Å². The van der Waals surface area contributed by atoms with E-state index < -0.39 is 0 Å². The summed E-state index contributed by atoms with van der Waals surface area (Å²) in [5.41, 5.74) is 1.40. The second kappa shape index (κ2) is 6.02. The van der Waals surface area contributed by atoms with Crippen molar-refractivity contribution in [2.45, 2.75) is 31.8 Å². The van der Waals surface area contributed by atoms with Crippen LogP contribution < -0.4 is 5.32 Å². The van der Waals surface area contributed by atoms with E-state index >= 15 is 0 Å². The Morgan fingerprint density at radius 2 is 2.00 bits per heavy atom. The summed E-state index contributed by atoms with van der Waals surface area (Å²) >= 11 is 0. The predicted molar refractivity (Wildman–Crippen MR) is 66.4 cm³/mol. The number of aliphatic hydroxyl groups is 1. The summed E-state index contributed by atoms with van der Waals surface area (Å²) in [6.45, 7) is 1.76. The van der Waals surface area contributed by atoms with E-state index in [1.165, 1.54) is 18.4 Å². The van der Waals surface area contributed by atoms with E-state index in [0.717, 1.165) is 25.9 Å². The van der Waals surface area contributed by atoms with Gasteiger partial charge in [0.05, 0.1) is 6.10 Å². The lowest BCUT2D eigenvalue weighted by Crippen LogP contribution is -2.29. The summed E-state index contributed by atoms with van der Waals surface area (Å²) in [4.78, 5) is 0. The second-order valence-corrected chi connectivity index (χ2v) is 4.70. The molecule has 2 heteroatoms. The van der Waals surface area contributed by atoms with Gasteiger partial charge in [0.25, 0.3) is 0 Å². The molecule has 1 aromatic carbocycles. The van der Waals surface area contributed by atoms with Gasteiger partial charge < -0.3 is 10.4 Å². The fourth-order valence-corrected chi connectivity index (χ4v) is 1.96. The topological polar surface area (TPSA) is 32.3 Å². The highest BCUT2D eigenvalue weighted by Crippen LogP contribution is 2.32. The van der Waals surface area contributed by atoms with Gasteiger partial charge in [-0.3, -0.25) is 0 Å². The van der Waals surface area contributed by atoms with Crippen LogP contribution in [0.1, 0.15) is 24.8 Å². The number of benzene rings is 1. The predicted octanol–water partition coefficient (Wildman–Crippen LogP) is 1.98. The number of rotatable bonds is 7. The van der Waals surface area contributed by atoms with Crippen LogP contribution in [0, 0.1) is 5.92 Å². The van der Waals surface area contributed by atoms with Crippen molar-refractivity contribution < 1.29 is 5.11 Å². The first-order valence-electron chi connectivity index (χ1n) is 6.29. The van der Waals surface area contributed by atoms with Crippen LogP contribution in [0.4, 0.5) is 0 Å². The molecule has 0 amide bonds. The molecule has 0 spiro atoms. The highest BCUT2D eigenvalue weighted by Gasteiger charge is 2.28. The maximum Gasteiger partial charge on any atom is 0.0692 e. The van der Waals surface area contributed by atoms with E-state index in [4.69, 9.17) is 0 Å². The molecule has 2 N–H and O–H groups in total. The molecule has 1 saturated carbocycles. The van der Waals surface area contributed by atoms with Crippen LogP contribution in [0.3, 0.4) is 0 Å². The second-order valence-electron chi connectivity index (χ2n) is 4.70. The Kier molecular flexibility index (Phi) is 4.37. The number of hydrogen-bond acceptors (Lipinski definition) is 2. The molecule has 1 aliphatic rings. The van der Waals surface area contributed by atoms with Crippen LogP contribution in [0.15, 0.2) is 30.3 Å². The first kappa shape index (κ1) is 11.6. The van der Waals surface area contributed by atoms with E-state index in [-0.39, 0.29) is 6.10 Å². The molecule has 0 bridgehead atoms. The Bertz CT molecular complexity index is 295. The monoisotopic (exact) mass is 219 g/mol. The van der Waals surface area contributed by atoms with Gasteiger partial charge in [0.15, 0.2) is 0 Å². The van der Waals surface area contributed by atoms with Gasteiger partial charge in [0.2, 0.25) is 0 Å². The molecule has 2 nitrogen and oxygen atoms in total. The maximum absolute atomic E-state index is 9.64. The van der Waals surface area contributed by atoms with Gasteiger partial charge in [0.1, 0.15) is 0 Å². The lowest BCUT2D eigenvalue weighted by atomic mass is 10.1. The van der Waals surface area contributed by atoms with Gasteiger partial charge in [-0.15, -0.1) is 0 Å². The van der Waals surface area contributed by atoms with Gasteiger partial charge in [-0.1, -0.05) is 30.3 Å². The van der Waals surface area contributed by atoms with Gasteiger partial charge in [-0.25, -0.2) is 0 Å². The van der Waals surface area contributed by atoms with Crippen molar-refractivity contribution in [3.05, 3.63) is 35.9 Å². The number of nitrogens with one attached hydrogen (secondary N) is 1. The molecule has 88 valence electrons. The van der Waals surface area contributed by atoms with Gasteiger partial charge in [-0.2, -0.15) is 0 Å². The molecular weight excluding hydrogens is 198 g/mol. The fourth-order valence-electron chi connectivity index (χ4n) is 1.96. The molecule has 1 fully saturated rings. The molecule has 0 heterocycles. The fraction of sp³-hybridized carbons (Fsp3) is 0.571. The minimum Gasteiger partial charge on any atom is -0.392 e. The summed E-state index contributed by atoms with van der Waals surface area (Å²) in [6, 6.07) is 10.5. The highest BCUT2D eigenvalue weighted by atomic mass is 16.3. The van der Waals surface area contributed by atoms with Crippen molar-refractivity contribution in [3.63, 3.8) is 0 Å². The molecular formula is C14H21NO. The molecule has 1 aliphatic carbocycles. The SMILES string of the molecule is OC(CNCCCc1ccccc1)C1CC1. The minimum absolute atomic E-state index is 0.114. The molecule has 2 rings (SSSR count). The summed E-state index contributed by atoms with van der Waals surface area (Å²) in [5.74, 6) is 0.585. The minimum atomic E-state index is -0.114. The average molecular weight is 219 g/mol. The third kappa shape index (κ3) is 3.95. The molecule has 0 radical (unpaired) electrons. The van der Waals surface area contributed by atoms with E-state index in [1.54, 1.807) is 0 Å². The normalized spacial score (nSPS) is 17.3. The summed E-state index contributed by atoms with van der Waals surface area (Å²) in [5, 5.41) is 13.0. The largest absolute Gasteiger partial charge is 0.392 e. The average Bonchev–Trinajstić information content (AvgIpc) is 3.13. The van der Waals surface area contributed by atoms with Gasteiger partial charge in [-0.05, 0) is 43.7 Å². The van der Waals surface area contributed by atoms with E-state index in [2.05, 4.69) is 29.6 Å². The van der Waals surface area contributed by atoms with E-state index in [0.29, 0.717) is 5.92 Å². The molecule has 0 aromatic heterocycles. The summed E-state index contributed by atoms with van der Waals surface area (Å²) < 4.78 is 0. The number of hydrogen-bond donors (Lipinski definition) is 2. The third-order valence-electron chi connectivity index (χ3n) is 3.18. The molecule has 1 unspecified atom stereocenters. The Labute approximate surface area is 97.7 Å². The summed E-state index contributed by atoms with van der Waals surface area (Å²) in [6.07, 6.45) is 4.57. The van der Waals surface area contributed by atoms with Crippen molar-refractivity contribution in [1.29, 1.82) is 0 Å². The van der Waals surface area contributed by atoms with Crippen molar-refractivity contribution in [2.75, 3.05) is 13.1 Å². The first-order chi connectivity index (χ1) is 7.86. The van der Waals surface area contributed by atoms with Crippen LogP contribution >= 0.6 is 0 Å².